The number of esters is 2. The van der Waals surface area contributed by atoms with Gasteiger partial charge in [-0.3, -0.25) is 18.9 Å². The topological polar surface area (TPSA) is 128 Å². The Hall–Kier alpha value is -3.14. The van der Waals surface area contributed by atoms with E-state index < -0.39 is 32.5 Å². The van der Waals surface area contributed by atoms with Crippen molar-refractivity contribution >= 4 is 25.5 Å². The van der Waals surface area contributed by atoms with Crippen LogP contribution in [0.2, 0.25) is 0 Å². The molecular formula is C46H76NO9P. The summed E-state index contributed by atoms with van der Waals surface area (Å²) in [5.41, 5.74) is 0. The standard InChI is InChI=1S/C46H76NO9P/c1-6-8-10-11-12-13-14-15-16-17-18-19-20-23-27-30-34-38-46(50)56-44(42-55-57(51,52)54-40-39-47(3,4)5)41-53-45(49)37-33-29-26-24-21-22-25-28-32-36-43(48)35-31-9-7-2/h8,10,12-13,15-16,18-19,23,25,27-28,32,36,44H,6-7,9,11,14,17,20-22,24,26,29-31,33-35,37-42H2,1-5H3/b10-8-,13-12-,16-15-,19-18-,27-23-,28-25-,36-32+/t44-/m1/s1. The van der Waals surface area contributed by atoms with Crippen molar-refractivity contribution in [2.75, 3.05) is 47.5 Å². The predicted octanol–water partition coefficient (Wildman–Crippen LogP) is 10.6. The lowest BCUT2D eigenvalue weighted by atomic mass is 10.1. The van der Waals surface area contributed by atoms with E-state index in [0.717, 1.165) is 83.5 Å². The van der Waals surface area contributed by atoms with Gasteiger partial charge in [0, 0.05) is 19.3 Å². The third-order valence-electron chi connectivity index (χ3n) is 8.38. The molecule has 1 unspecified atom stereocenters. The van der Waals surface area contributed by atoms with Crippen molar-refractivity contribution in [2.45, 2.75) is 142 Å². The first kappa shape index (κ1) is 53.9. The van der Waals surface area contributed by atoms with Crippen molar-refractivity contribution < 1.29 is 46.8 Å². The van der Waals surface area contributed by atoms with Crippen LogP contribution in [0.4, 0.5) is 0 Å². The molecule has 0 aliphatic rings. The third kappa shape index (κ3) is 40.8. The van der Waals surface area contributed by atoms with Gasteiger partial charge in [0.2, 0.25) is 0 Å². The number of ketones is 1. The monoisotopic (exact) mass is 818 g/mol. The van der Waals surface area contributed by atoms with E-state index in [1.165, 1.54) is 0 Å². The molecule has 0 heterocycles. The minimum absolute atomic E-state index is 0.0605. The fourth-order valence-corrected chi connectivity index (χ4v) is 5.75. The molecule has 0 radical (unpaired) electrons. The minimum Gasteiger partial charge on any atom is -0.756 e. The quantitative estimate of drug-likeness (QED) is 0.0114. The van der Waals surface area contributed by atoms with Gasteiger partial charge < -0.3 is 27.9 Å². The molecule has 0 aromatic heterocycles. The highest BCUT2D eigenvalue weighted by molar-refractivity contribution is 7.45. The molecule has 0 aliphatic carbocycles. The summed E-state index contributed by atoms with van der Waals surface area (Å²) < 4.78 is 33.7. The van der Waals surface area contributed by atoms with E-state index in [0.29, 0.717) is 36.7 Å². The van der Waals surface area contributed by atoms with Gasteiger partial charge in [0.05, 0.1) is 27.7 Å². The summed E-state index contributed by atoms with van der Waals surface area (Å²) in [6.07, 6.45) is 43.1. The molecule has 0 rings (SSSR count). The molecule has 0 spiro atoms. The van der Waals surface area contributed by atoms with Crippen molar-refractivity contribution in [3.8, 4) is 0 Å². The maximum atomic E-state index is 12.6. The summed E-state index contributed by atoms with van der Waals surface area (Å²) in [6.45, 7) is 3.80. The number of unbranched alkanes of at least 4 members (excludes halogenated alkanes) is 8. The molecule has 0 aromatic rings. The number of ether oxygens (including phenoxy) is 2. The molecule has 0 aromatic carbocycles. The van der Waals surface area contributed by atoms with Crippen LogP contribution < -0.4 is 4.89 Å². The zero-order valence-corrected chi connectivity index (χ0v) is 36.9. The number of hydrogen-bond donors (Lipinski definition) is 0. The number of carbonyl (C=O) groups excluding carboxylic acids is 3. The van der Waals surface area contributed by atoms with Gasteiger partial charge in [-0.05, 0) is 76.7 Å². The Morgan fingerprint density at radius 3 is 1.81 bits per heavy atom. The number of nitrogens with zero attached hydrogens (tertiary/aromatic N) is 1. The molecule has 10 nitrogen and oxygen atoms in total. The maximum absolute atomic E-state index is 12.6. The molecule has 0 amide bonds. The number of rotatable bonds is 37. The van der Waals surface area contributed by atoms with E-state index >= 15 is 0 Å². The van der Waals surface area contributed by atoms with Crippen LogP contribution in [-0.2, 0) is 37.5 Å². The van der Waals surface area contributed by atoms with Crippen molar-refractivity contribution in [1.82, 2.24) is 0 Å². The summed E-state index contributed by atoms with van der Waals surface area (Å²) in [5, 5.41) is 0. The van der Waals surface area contributed by atoms with Gasteiger partial charge in [-0.15, -0.1) is 0 Å². The third-order valence-corrected chi connectivity index (χ3v) is 9.34. The second-order valence-electron chi connectivity index (χ2n) is 15.0. The summed E-state index contributed by atoms with van der Waals surface area (Å²) >= 11 is 0. The van der Waals surface area contributed by atoms with Crippen LogP contribution in [0.15, 0.2) is 85.1 Å². The van der Waals surface area contributed by atoms with E-state index in [9.17, 15) is 23.8 Å². The average Bonchev–Trinajstić information content (AvgIpc) is 3.15. The fraction of sp³-hybridized carbons (Fsp3) is 0.630. The molecule has 0 saturated carbocycles. The first-order chi connectivity index (χ1) is 27.4. The molecule has 0 saturated heterocycles. The molecule has 2 atom stereocenters. The lowest BCUT2D eigenvalue weighted by Crippen LogP contribution is -2.37. The zero-order chi connectivity index (χ0) is 42.3. The van der Waals surface area contributed by atoms with Crippen molar-refractivity contribution in [3.05, 3.63) is 85.1 Å². The lowest BCUT2D eigenvalue weighted by Gasteiger charge is -2.28. The number of carbonyl (C=O) groups is 3. The Bertz CT molecular complexity index is 1310. The van der Waals surface area contributed by atoms with Crippen LogP contribution in [0, 0.1) is 0 Å². The molecule has 11 heteroatoms. The SMILES string of the molecule is CC/C=C\C/C=C\C/C=C\C/C=C\C/C=C\CCCC(=O)O[C@H](COC(=O)CCCCCCC/C=C\C=C\C(=O)CCCCC)COP(=O)([O-])OCC[N+](C)(C)C. The highest BCUT2D eigenvalue weighted by atomic mass is 31.2. The molecule has 57 heavy (non-hydrogen) atoms. The number of phosphoric ester groups is 1. The van der Waals surface area contributed by atoms with Crippen LogP contribution in [0.3, 0.4) is 0 Å². The van der Waals surface area contributed by atoms with Crippen LogP contribution in [0.25, 0.3) is 0 Å². The second-order valence-corrected chi connectivity index (χ2v) is 16.4. The van der Waals surface area contributed by atoms with E-state index in [-0.39, 0.29) is 31.8 Å². The number of allylic oxidation sites excluding steroid dienone is 14. The van der Waals surface area contributed by atoms with Gasteiger partial charge in [0.1, 0.15) is 19.8 Å². The Labute approximate surface area is 346 Å². The predicted molar refractivity (Wildman–Crippen MR) is 231 cm³/mol. The van der Waals surface area contributed by atoms with Crippen LogP contribution in [0.5, 0.6) is 0 Å². The minimum atomic E-state index is -4.66. The molecule has 0 fully saturated rings. The molecule has 324 valence electrons. The van der Waals surface area contributed by atoms with Gasteiger partial charge >= 0.3 is 11.9 Å². The fourth-order valence-electron chi connectivity index (χ4n) is 5.02. The first-order valence-electron chi connectivity index (χ1n) is 21.2. The molecule has 0 N–H and O–H groups in total. The number of quaternary nitrogens is 1. The van der Waals surface area contributed by atoms with Gasteiger partial charge in [-0.1, -0.05) is 125 Å². The molecule has 0 bridgehead atoms. The van der Waals surface area contributed by atoms with Gasteiger partial charge in [0.25, 0.3) is 7.82 Å². The van der Waals surface area contributed by atoms with E-state index in [4.69, 9.17) is 18.5 Å². The van der Waals surface area contributed by atoms with E-state index in [1.54, 1.807) is 6.08 Å². The number of hydrogen-bond acceptors (Lipinski definition) is 9. The van der Waals surface area contributed by atoms with Crippen molar-refractivity contribution in [2.24, 2.45) is 0 Å². The van der Waals surface area contributed by atoms with Gasteiger partial charge in [0.15, 0.2) is 11.9 Å². The van der Waals surface area contributed by atoms with E-state index in [2.05, 4.69) is 74.6 Å². The normalized spacial score (nSPS) is 14.4. The highest BCUT2D eigenvalue weighted by Gasteiger charge is 2.21. The van der Waals surface area contributed by atoms with Crippen LogP contribution >= 0.6 is 7.82 Å². The molecule has 0 aliphatic heterocycles. The lowest BCUT2D eigenvalue weighted by molar-refractivity contribution is -0.870. The smallest absolute Gasteiger partial charge is 0.306 e. The van der Waals surface area contributed by atoms with Crippen LogP contribution in [0.1, 0.15) is 136 Å². The van der Waals surface area contributed by atoms with Crippen molar-refractivity contribution in [3.63, 3.8) is 0 Å². The number of phosphoric acid groups is 1. The Kier molecular flexibility index (Phi) is 35.1. The summed E-state index contributed by atoms with van der Waals surface area (Å²) in [6, 6.07) is 0. The summed E-state index contributed by atoms with van der Waals surface area (Å²) in [4.78, 5) is 49.2. The Morgan fingerprint density at radius 2 is 1.18 bits per heavy atom. The second kappa shape index (κ2) is 37.2. The maximum Gasteiger partial charge on any atom is 0.306 e. The highest BCUT2D eigenvalue weighted by Crippen LogP contribution is 2.38. The Balaban J connectivity index is 4.57. The van der Waals surface area contributed by atoms with Crippen LogP contribution in [-0.4, -0.2) is 75.8 Å². The summed E-state index contributed by atoms with van der Waals surface area (Å²) in [7, 11) is 1.06. The first-order valence-corrected chi connectivity index (χ1v) is 22.7. The van der Waals surface area contributed by atoms with Gasteiger partial charge in [-0.2, -0.15) is 0 Å². The molecular weight excluding hydrogens is 741 g/mol. The Morgan fingerprint density at radius 1 is 0.614 bits per heavy atom. The number of likely N-dealkylation sites (N-methyl/N-ethyl adjacent to an activating group) is 1. The summed E-state index contributed by atoms with van der Waals surface area (Å²) in [5.74, 6) is -0.803. The van der Waals surface area contributed by atoms with Gasteiger partial charge in [-0.25, -0.2) is 0 Å². The van der Waals surface area contributed by atoms with E-state index in [1.807, 2.05) is 39.4 Å². The van der Waals surface area contributed by atoms with Crippen molar-refractivity contribution in [1.29, 1.82) is 0 Å². The zero-order valence-electron chi connectivity index (χ0n) is 36.0. The average molecular weight is 818 g/mol. The largest absolute Gasteiger partial charge is 0.756 e.